The van der Waals surface area contributed by atoms with Gasteiger partial charge in [-0.3, -0.25) is 10.1 Å². The lowest BCUT2D eigenvalue weighted by molar-refractivity contribution is 0.265. The minimum absolute atomic E-state index is 0.234. The van der Waals surface area contributed by atoms with Gasteiger partial charge in [0.2, 0.25) is 0 Å². The van der Waals surface area contributed by atoms with Crippen molar-refractivity contribution in [1.82, 2.24) is 36.2 Å². The molecule has 2 aromatic rings. The van der Waals surface area contributed by atoms with E-state index in [9.17, 15) is 0 Å². The Hall–Kier alpha value is -2.00. The van der Waals surface area contributed by atoms with E-state index < -0.39 is 0 Å². The number of piperazine rings is 1. The topological polar surface area (TPSA) is 82.1 Å². The number of hydrogen-bond acceptors (Lipinski definition) is 7. The monoisotopic (exact) mass is 396 g/mol. The standard InChI is InChI=1S/C21H32N8/c1-2-8-29-14-15(12-24-29)18-11-16-19(13-23-18)26-27-21(16)17-4-3-5-20(25-17)28-9-6-22-7-10-28/h3-5,12,14,16,18-19,21-23,26-27H,2,6-11,13H2,1H3. The van der Waals surface area contributed by atoms with Gasteiger partial charge in [-0.15, -0.1) is 0 Å². The van der Waals surface area contributed by atoms with Crippen LogP contribution < -0.4 is 26.4 Å². The number of pyridine rings is 1. The van der Waals surface area contributed by atoms with Crippen molar-refractivity contribution in [2.45, 2.75) is 44.4 Å². The molecule has 0 amide bonds. The van der Waals surface area contributed by atoms with Crippen molar-refractivity contribution in [3.8, 4) is 0 Å². The summed E-state index contributed by atoms with van der Waals surface area (Å²) in [6.07, 6.45) is 6.42. The van der Waals surface area contributed by atoms with Crippen LogP contribution in [0.3, 0.4) is 0 Å². The molecule has 0 saturated carbocycles. The van der Waals surface area contributed by atoms with Crippen LogP contribution in [0.4, 0.5) is 5.82 Å². The fourth-order valence-corrected chi connectivity index (χ4v) is 4.91. The zero-order valence-corrected chi connectivity index (χ0v) is 17.1. The molecule has 3 aliphatic rings. The number of fused-ring (bicyclic) bond motifs is 1. The van der Waals surface area contributed by atoms with Crippen molar-refractivity contribution < 1.29 is 0 Å². The molecular formula is C21H32N8. The van der Waals surface area contributed by atoms with Crippen LogP contribution in [0.1, 0.15) is 43.1 Å². The first-order valence-electron chi connectivity index (χ1n) is 11.0. The van der Waals surface area contributed by atoms with E-state index in [1.165, 1.54) is 5.56 Å². The number of nitrogens with one attached hydrogen (secondary N) is 4. The molecule has 8 nitrogen and oxygen atoms in total. The van der Waals surface area contributed by atoms with Gasteiger partial charge in [0.05, 0.1) is 17.9 Å². The molecule has 0 radical (unpaired) electrons. The molecule has 4 atom stereocenters. The number of nitrogens with zero attached hydrogens (tertiary/aromatic N) is 4. The van der Waals surface area contributed by atoms with Crippen molar-refractivity contribution in [1.29, 1.82) is 0 Å². The SMILES string of the molecule is CCCn1cc(C2CC3C(CN2)NNC3c2cccc(N3CCNCC3)n2)cn1. The Kier molecular flexibility index (Phi) is 5.50. The molecule has 3 aliphatic heterocycles. The predicted octanol–water partition coefficient (Wildman–Crippen LogP) is 0.966. The van der Waals surface area contributed by atoms with Crippen LogP contribution in [0.5, 0.6) is 0 Å². The summed E-state index contributed by atoms with van der Waals surface area (Å²) < 4.78 is 2.06. The summed E-state index contributed by atoms with van der Waals surface area (Å²) in [5.74, 6) is 1.60. The zero-order chi connectivity index (χ0) is 19.6. The van der Waals surface area contributed by atoms with E-state index in [2.05, 4.69) is 67.5 Å². The molecule has 4 unspecified atom stereocenters. The Balaban J connectivity index is 1.32. The molecule has 3 fully saturated rings. The average molecular weight is 397 g/mol. The molecule has 29 heavy (non-hydrogen) atoms. The van der Waals surface area contributed by atoms with Gasteiger partial charge in [0.15, 0.2) is 0 Å². The molecule has 4 N–H and O–H groups in total. The molecule has 0 bridgehead atoms. The molecular weight excluding hydrogens is 364 g/mol. The van der Waals surface area contributed by atoms with Crippen molar-refractivity contribution >= 4 is 5.82 Å². The van der Waals surface area contributed by atoms with Crippen LogP contribution in [-0.4, -0.2) is 53.5 Å². The molecule has 8 heteroatoms. The highest BCUT2D eigenvalue weighted by atomic mass is 15.4. The third-order valence-corrected chi connectivity index (χ3v) is 6.49. The lowest BCUT2D eigenvalue weighted by Crippen LogP contribution is -2.46. The maximum absolute atomic E-state index is 5.05. The maximum Gasteiger partial charge on any atom is 0.128 e. The van der Waals surface area contributed by atoms with E-state index in [1.807, 2.05) is 6.20 Å². The summed E-state index contributed by atoms with van der Waals surface area (Å²) in [5, 5.41) is 11.7. The number of anilines is 1. The molecule has 3 saturated heterocycles. The Morgan fingerprint density at radius 1 is 1.17 bits per heavy atom. The Morgan fingerprint density at radius 2 is 2.07 bits per heavy atom. The lowest BCUT2D eigenvalue weighted by atomic mass is 9.82. The molecule has 156 valence electrons. The number of piperidine rings is 1. The quantitative estimate of drug-likeness (QED) is 0.599. The van der Waals surface area contributed by atoms with Crippen molar-refractivity contribution in [3.05, 3.63) is 41.9 Å². The first kappa shape index (κ1) is 19.0. The number of hydrogen-bond donors (Lipinski definition) is 4. The second-order valence-electron chi connectivity index (χ2n) is 8.43. The molecule has 5 heterocycles. The van der Waals surface area contributed by atoms with E-state index in [1.54, 1.807) is 0 Å². The van der Waals surface area contributed by atoms with E-state index in [0.717, 1.165) is 63.6 Å². The zero-order valence-electron chi connectivity index (χ0n) is 17.1. The smallest absolute Gasteiger partial charge is 0.128 e. The van der Waals surface area contributed by atoms with Crippen LogP contribution in [-0.2, 0) is 6.54 Å². The molecule has 0 aliphatic carbocycles. The third-order valence-electron chi connectivity index (χ3n) is 6.49. The fourth-order valence-electron chi connectivity index (χ4n) is 4.91. The summed E-state index contributed by atoms with van der Waals surface area (Å²) in [5.41, 5.74) is 9.48. The summed E-state index contributed by atoms with van der Waals surface area (Å²) in [6, 6.07) is 7.47. The summed E-state index contributed by atoms with van der Waals surface area (Å²) in [6.45, 7) is 8.21. The minimum atomic E-state index is 0.234. The van der Waals surface area contributed by atoms with E-state index in [0.29, 0.717) is 18.0 Å². The number of aryl methyl sites for hydroxylation is 1. The van der Waals surface area contributed by atoms with Crippen LogP contribution in [0.2, 0.25) is 0 Å². The highest BCUT2D eigenvalue weighted by molar-refractivity contribution is 5.40. The largest absolute Gasteiger partial charge is 0.354 e. The van der Waals surface area contributed by atoms with Crippen molar-refractivity contribution in [3.63, 3.8) is 0 Å². The number of aromatic nitrogens is 3. The highest BCUT2D eigenvalue weighted by Crippen LogP contribution is 2.38. The number of hydrazine groups is 1. The summed E-state index contributed by atoms with van der Waals surface area (Å²) in [4.78, 5) is 7.44. The highest BCUT2D eigenvalue weighted by Gasteiger charge is 2.42. The van der Waals surface area contributed by atoms with Crippen molar-refractivity contribution in [2.24, 2.45) is 5.92 Å². The first-order chi connectivity index (χ1) is 14.3. The number of rotatable bonds is 5. The van der Waals surface area contributed by atoms with Gasteiger partial charge in [-0.25, -0.2) is 10.4 Å². The van der Waals surface area contributed by atoms with Gasteiger partial charge in [-0.2, -0.15) is 5.10 Å². The van der Waals surface area contributed by atoms with Gasteiger partial charge >= 0.3 is 0 Å². The van der Waals surface area contributed by atoms with E-state index >= 15 is 0 Å². The van der Waals surface area contributed by atoms with Gasteiger partial charge in [-0.05, 0) is 25.0 Å². The van der Waals surface area contributed by atoms with Crippen LogP contribution in [0.25, 0.3) is 0 Å². The Morgan fingerprint density at radius 3 is 2.93 bits per heavy atom. The second-order valence-corrected chi connectivity index (χ2v) is 8.43. The summed E-state index contributed by atoms with van der Waals surface area (Å²) in [7, 11) is 0. The second kappa shape index (κ2) is 8.39. The maximum atomic E-state index is 5.05. The Bertz CT molecular complexity index is 815. The van der Waals surface area contributed by atoms with Crippen molar-refractivity contribution in [2.75, 3.05) is 37.6 Å². The van der Waals surface area contributed by atoms with Crippen LogP contribution in [0, 0.1) is 5.92 Å². The normalized spacial score (nSPS) is 29.8. The molecule has 0 spiro atoms. The first-order valence-corrected chi connectivity index (χ1v) is 11.0. The minimum Gasteiger partial charge on any atom is -0.354 e. The fraction of sp³-hybridized carbons (Fsp3) is 0.619. The van der Waals surface area contributed by atoms with E-state index in [-0.39, 0.29) is 6.04 Å². The Labute approximate surface area is 172 Å². The van der Waals surface area contributed by atoms with Gasteiger partial charge < -0.3 is 15.5 Å². The lowest BCUT2D eigenvalue weighted by Gasteiger charge is -2.34. The predicted molar refractivity (Wildman–Crippen MR) is 113 cm³/mol. The van der Waals surface area contributed by atoms with Crippen LogP contribution in [0.15, 0.2) is 30.6 Å². The molecule has 0 aromatic carbocycles. The van der Waals surface area contributed by atoms with E-state index in [4.69, 9.17) is 4.98 Å². The molecule has 5 rings (SSSR count). The van der Waals surface area contributed by atoms with Gasteiger partial charge in [0.1, 0.15) is 5.82 Å². The van der Waals surface area contributed by atoms with Crippen LogP contribution >= 0.6 is 0 Å². The molecule has 2 aromatic heterocycles. The third kappa shape index (κ3) is 3.90. The van der Waals surface area contributed by atoms with Gasteiger partial charge in [-0.1, -0.05) is 13.0 Å². The average Bonchev–Trinajstić information content (AvgIpc) is 3.41. The van der Waals surface area contributed by atoms with Gasteiger partial charge in [0, 0.05) is 69.0 Å². The summed E-state index contributed by atoms with van der Waals surface area (Å²) >= 11 is 0. The van der Waals surface area contributed by atoms with Gasteiger partial charge in [0.25, 0.3) is 0 Å².